The number of Topliss-reactive ketones (excluding diaryl/α,β-unsaturated/α-hetero) is 1. The number of ether oxygens (including phenoxy) is 1. The summed E-state index contributed by atoms with van der Waals surface area (Å²) in [4.78, 5) is 32.7. The molecule has 0 amide bonds. The minimum Gasteiger partial charge on any atom is -0.475 e. The van der Waals surface area contributed by atoms with Crippen LogP contribution >= 0.6 is 11.3 Å². The Morgan fingerprint density at radius 3 is 2.67 bits per heavy atom. The van der Waals surface area contributed by atoms with Crippen molar-refractivity contribution in [3.05, 3.63) is 21.9 Å². The first kappa shape index (κ1) is 11.4. The number of carbonyl (C=O) groups excluding carboxylic acids is 2. The Morgan fingerprint density at radius 2 is 2.13 bits per heavy atom. The van der Waals surface area contributed by atoms with Gasteiger partial charge in [-0.2, -0.15) is 0 Å². The van der Waals surface area contributed by atoms with Gasteiger partial charge in [-0.05, 0) is 17.0 Å². The van der Waals surface area contributed by atoms with E-state index in [0.29, 0.717) is 5.56 Å². The van der Waals surface area contributed by atoms with E-state index in [1.54, 1.807) is 5.38 Å². The summed E-state index contributed by atoms with van der Waals surface area (Å²) in [6.45, 7) is 0. The molecule has 1 aromatic heterocycles. The molecule has 1 heterocycles. The predicted molar refractivity (Wildman–Crippen MR) is 52.0 cm³/mol. The first-order valence-corrected chi connectivity index (χ1v) is 4.85. The number of carbonyl (C=O) groups is 3. The summed E-state index contributed by atoms with van der Waals surface area (Å²) in [6, 6.07) is 1.54. The van der Waals surface area contributed by atoms with Crippen LogP contribution in [0.15, 0.2) is 11.4 Å². The average molecular weight is 228 g/mol. The van der Waals surface area contributed by atoms with Gasteiger partial charge in [-0.15, -0.1) is 11.3 Å². The minimum atomic E-state index is -1.50. The fraction of sp³-hybridized carbons (Fsp3) is 0.222. The Balaban J connectivity index is 2.87. The van der Waals surface area contributed by atoms with E-state index in [-0.39, 0.29) is 11.3 Å². The summed E-state index contributed by atoms with van der Waals surface area (Å²) in [6.07, 6.45) is -0.288. The van der Waals surface area contributed by atoms with Crippen molar-refractivity contribution < 1.29 is 24.2 Å². The lowest BCUT2D eigenvalue weighted by molar-refractivity contribution is -0.148. The lowest BCUT2D eigenvalue weighted by Gasteiger charge is -1.99. The second-order valence-electron chi connectivity index (χ2n) is 2.67. The highest BCUT2D eigenvalue weighted by Crippen LogP contribution is 2.18. The Morgan fingerprint density at radius 1 is 1.47 bits per heavy atom. The first-order chi connectivity index (χ1) is 7.06. The van der Waals surface area contributed by atoms with Gasteiger partial charge in [0.2, 0.25) is 5.78 Å². The number of aliphatic carboxylic acids is 1. The highest BCUT2D eigenvalue weighted by molar-refractivity contribution is 7.12. The summed E-state index contributed by atoms with van der Waals surface area (Å²) < 4.78 is 4.49. The Hall–Kier alpha value is -1.69. The van der Waals surface area contributed by atoms with Crippen molar-refractivity contribution >= 4 is 29.1 Å². The largest absolute Gasteiger partial charge is 0.475 e. The molecule has 0 aromatic carbocycles. The molecule has 0 aliphatic carbocycles. The van der Waals surface area contributed by atoms with Crippen LogP contribution in [0, 0.1) is 0 Å². The van der Waals surface area contributed by atoms with Crippen LogP contribution in [0.25, 0.3) is 0 Å². The molecule has 1 rings (SSSR count). The van der Waals surface area contributed by atoms with Gasteiger partial charge in [0, 0.05) is 6.42 Å². The van der Waals surface area contributed by atoms with Crippen LogP contribution in [-0.2, 0) is 20.7 Å². The molecule has 0 aliphatic heterocycles. The van der Waals surface area contributed by atoms with E-state index < -0.39 is 17.7 Å². The van der Waals surface area contributed by atoms with Gasteiger partial charge in [-0.25, -0.2) is 9.59 Å². The number of hydrogen-bond donors (Lipinski definition) is 1. The molecule has 80 valence electrons. The van der Waals surface area contributed by atoms with E-state index in [1.807, 2.05) is 0 Å². The molecule has 5 nitrogen and oxygen atoms in total. The molecule has 0 saturated heterocycles. The molecule has 0 bridgehead atoms. The lowest BCUT2D eigenvalue weighted by atomic mass is 10.1. The van der Waals surface area contributed by atoms with Gasteiger partial charge in [0.15, 0.2) is 0 Å². The number of carboxylic acids is 1. The van der Waals surface area contributed by atoms with Gasteiger partial charge >= 0.3 is 11.9 Å². The van der Waals surface area contributed by atoms with Crippen LogP contribution in [0.5, 0.6) is 0 Å². The van der Waals surface area contributed by atoms with E-state index in [9.17, 15) is 14.4 Å². The normalized spacial score (nSPS) is 9.67. The lowest BCUT2D eigenvalue weighted by Crippen LogP contribution is -2.16. The van der Waals surface area contributed by atoms with E-state index in [4.69, 9.17) is 5.11 Å². The molecule has 0 unspecified atom stereocenters. The monoisotopic (exact) mass is 228 g/mol. The Bertz CT molecular complexity index is 406. The highest BCUT2D eigenvalue weighted by atomic mass is 32.1. The number of esters is 1. The topological polar surface area (TPSA) is 80.7 Å². The smallest absolute Gasteiger partial charge is 0.372 e. The van der Waals surface area contributed by atoms with E-state index in [2.05, 4.69) is 4.74 Å². The molecular weight excluding hydrogens is 220 g/mol. The van der Waals surface area contributed by atoms with Crippen molar-refractivity contribution in [1.82, 2.24) is 0 Å². The summed E-state index contributed by atoms with van der Waals surface area (Å²) in [5.74, 6) is -3.01. The molecule has 0 atom stereocenters. The zero-order valence-electron chi connectivity index (χ0n) is 7.85. The Labute approximate surface area is 89.3 Å². The van der Waals surface area contributed by atoms with Crippen molar-refractivity contribution in [2.45, 2.75) is 6.42 Å². The maximum absolute atomic E-state index is 11.2. The van der Waals surface area contributed by atoms with Crippen LogP contribution in [-0.4, -0.2) is 29.9 Å². The van der Waals surface area contributed by atoms with Gasteiger partial charge in [0.25, 0.3) is 0 Å². The average Bonchev–Trinajstić information content (AvgIpc) is 2.64. The maximum Gasteiger partial charge on any atom is 0.372 e. The summed E-state index contributed by atoms with van der Waals surface area (Å²) in [7, 11) is 1.23. The number of carboxylic acid groups (broad SMARTS) is 1. The van der Waals surface area contributed by atoms with Crippen molar-refractivity contribution in [1.29, 1.82) is 0 Å². The van der Waals surface area contributed by atoms with Crippen LogP contribution in [0.3, 0.4) is 0 Å². The number of rotatable bonds is 4. The van der Waals surface area contributed by atoms with Gasteiger partial charge in [-0.1, -0.05) is 0 Å². The number of hydrogen-bond acceptors (Lipinski definition) is 5. The minimum absolute atomic E-state index is 0.270. The maximum atomic E-state index is 11.2. The first-order valence-electron chi connectivity index (χ1n) is 3.97. The molecule has 0 radical (unpaired) electrons. The van der Waals surface area contributed by atoms with Gasteiger partial charge < -0.3 is 9.84 Å². The van der Waals surface area contributed by atoms with E-state index >= 15 is 0 Å². The molecule has 0 saturated carbocycles. The highest BCUT2D eigenvalue weighted by Gasteiger charge is 2.19. The summed E-state index contributed by atoms with van der Waals surface area (Å²) in [5.41, 5.74) is 0.388. The quantitative estimate of drug-likeness (QED) is 0.607. The van der Waals surface area contributed by atoms with Crippen LogP contribution in [0.1, 0.15) is 15.2 Å². The Kier molecular flexibility index (Phi) is 3.56. The zero-order chi connectivity index (χ0) is 11.4. The molecule has 0 spiro atoms. The second-order valence-corrected chi connectivity index (χ2v) is 3.59. The van der Waals surface area contributed by atoms with Crippen molar-refractivity contribution in [3.63, 3.8) is 0 Å². The van der Waals surface area contributed by atoms with Crippen molar-refractivity contribution in [3.8, 4) is 0 Å². The third kappa shape index (κ3) is 2.63. The van der Waals surface area contributed by atoms with Crippen LogP contribution in [0.4, 0.5) is 0 Å². The van der Waals surface area contributed by atoms with Gasteiger partial charge in [0.05, 0.1) is 7.11 Å². The fourth-order valence-electron chi connectivity index (χ4n) is 0.995. The third-order valence-corrected chi connectivity index (χ3v) is 2.64. The molecule has 1 N–H and O–H groups in total. The molecular formula is C9H8O5S. The molecule has 1 aromatic rings. The van der Waals surface area contributed by atoms with Crippen LogP contribution in [0.2, 0.25) is 0 Å². The third-order valence-electron chi connectivity index (χ3n) is 1.71. The SMILES string of the molecule is COC(=O)c1sccc1CC(=O)C(=O)O. The van der Waals surface area contributed by atoms with Gasteiger partial charge in [-0.3, -0.25) is 4.79 Å². The second kappa shape index (κ2) is 4.70. The van der Waals surface area contributed by atoms with Crippen molar-refractivity contribution in [2.75, 3.05) is 7.11 Å². The zero-order valence-corrected chi connectivity index (χ0v) is 8.67. The summed E-state index contributed by atoms with van der Waals surface area (Å²) in [5, 5.41) is 10.0. The number of methoxy groups -OCH3 is 1. The summed E-state index contributed by atoms with van der Waals surface area (Å²) >= 11 is 1.12. The molecule has 15 heavy (non-hydrogen) atoms. The van der Waals surface area contributed by atoms with E-state index in [0.717, 1.165) is 11.3 Å². The number of thiophene rings is 1. The van der Waals surface area contributed by atoms with Crippen LogP contribution < -0.4 is 0 Å². The molecule has 6 heteroatoms. The standard InChI is InChI=1S/C9H8O5S/c1-14-9(13)7-5(2-3-15-7)4-6(10)8(11)12/h2-3H,4H2,1H3,(H,11,12). The number of ketones is 1. The predicted octanol–water partition coefficient (Wildman–Crippen LogP) is 0.731. The van der Waals surface area contributed by atoms with E-state index in [1.165, 1.54) is 13.2 Å². The van der Waals surface area contributed by atoms with Gasteiger partial charge in [0.1, 0.15) is 4.88 Å². The molecule has 0 fully saturated rings. The molecule has 0 aliphatic rings. The fourth-order valence-corrected chi connectivity index (χ4v) is 1.83. The van der Waals surface area contributed by atoms with Crippen molar-refractivity contribution in [2.24, 2.45) is 0 Å².